The number of hydrogen-bond acceptors (Lipinski definition) is 4. The van der Waals surface area contributed by atoms with Gasteiger partial charge in [-0.05, 0) is 31.0 Å². The zero-order valence-corrected chi connectivity index (χ0v) is 13.8. The lowest BCUT2D eigenvalue weighted by Crippen LogP contribution is -2.30. The van der Waals surface area contributed by atoms with E-state index in [4.69, 9.17) is 0 Å². The molecule has 0 aliphatic rings. The van der Waals surface area contributed by atoms with Crippen LogP contribution in [-0.2, 0) is 17.9 Å². The van der Waals surface area contributed by atoms with Gasteiger partial charge in [0, 0.05) is 13.1 Å². The lowest BCUT2D eigenvalue weighted by Gasteiger charge is -2.12. The Hall–Kier alpha value is -2.09. The summed E-state index contributed by atoms with van der Waals surface area (Å²) in [5, 5.41) is 9.24. The van der Waals surface area contributed by atoms with E-state index < -0.39 is 5.25 Å². The van der Waals surface area contributed by atoms with Gasteiger partial charge in [0.15, 0.2) is 5.16 Å². The molecule has 1 heterocycles. The van der Waals surface area contributed by atoms with Gasteiger partial charge in [-0.15, -0.1) is 5.10 Å². The number of aromatic nitrogens is 3. The Labute approximate surface area is 137 Å². The van der Waals surface area contributed by atoms with Crippen molar-refractivity contribution in [2.75, 3.05) is 0 Å². The first-order chi connectivity index (χ1) is 11.0. The van der Waals surface area contributed by atoms with Crippen LogP contribution in [0.25, 0.3) is 0 Å². The smallest absolute Gasteiger partial charge is 0.343 e. The van der Waals surface area contributed by atoms with Crippen LogP contribution in [0.1, 0.15) is 25.8 Å². The SMILES string of the molecule is CCCn1c(SC(C)C(=O)NCc2ccc(F)cc2)n[nH]c1=O. The van der Waals surface area contributed by atoms with Crippen LogP contribution in [0.3, 0.4) is 0 Å². The highest BCUT2D eigenvalue weighted by molar-refractivity contribution is 8.00. The van der Waals surface area contributed by atoms with Gasteiger partial charge >= 0.3 is 5.69 Å². The van der Waals surface area contributed by atoms with Gasteiger partial charge in [0.05, 0.1) is 5.25 Å². The second kappa shape index (κ2) is 7.96. The highest BCUT2D eigenvalue weighted by Gasteiger charge is 2.18. The number of aromatic amines is 1. The summed E-state index contributed by atoms with van der Waals surface area (Å²) in [4.78, 5) is 23.8. The van der Waals surface area contributed by atoms with Gasteiger partial charge in [-0.25, -0.2) is 14.3 Å². The van der Waals surface area contributed by atoms with Crippen LogP contribution in [-0.4, -0.2) is 25.9 Å². The summed E-state index contributed by atoms with van der Waals surface area (Å²) in [5.41, 5.74) is 0.549. The Morgan fingerprint density at radius 1 is 1.43 bits per heavy atom. The maximum atomic E-state index is 12.8. The van der Waals surface area contributed by atoms with Crippen LogP contribution in [0, 0.1) is 5.82 Å². The van der Waals surface area contributed by atoms with Gasteiger partial charge in [0.1, 0.15) is 5.82 Å². The first-order valence-corrected chi connectivity index (χ1v) is 8.23. The second-order valence-corrected chi connectivity index (χ2v) is 6.38. The Morgan fingerprint density at radius 2 is 2.13 bits per heavy atom. The van der Waals surface area contributed by atoms with E-state index >= 15 is 0 Å². The first-order valence-electron chi connectivity index (χ1n) is 7.35. The number of rotatable bonds is 7. The number of amides is 1. The number of H-pyrrole nitrogens is 1. The summed E-state index contributed by atoms with van der Waals surface area (Å²) >= 11 is 1.23. The molecule has 124 valence electrons. The van der Waals surface area contributed by atoms with Gasteiger partial charge in [-0.1, -0.05) is 30.8 Å². The lowest BCUT2D eigenvalue weighted by molar-refractivity contribution is -0.120. The number of carbonyl (C=O) groups excluding carboxylic acids is 1. The van der Waals surface area contributed by atoms with Crippen molar-refractivity contribution in [3.63, 3.8) is 0 Å². The Kier molecular flexibility index (Phi) is 5.97. The number of carbonyl (C=O) groups is 1. The average molecular weight is 338 g/mol. The second-order valence-electron chi connectivity index (χ2n) is 5.07. The Bertz CT molecular complexity index is 711. The highest BCUT2D eigenvalue weighted by atomic mass is 32.2. The summed E-state index contributed by atoms with van der Waals surface area (Å²) in [7, 11) is 0. The maximum Gasteiger partial charge on any atom is 0.343 e. The maximum absolute atomic E-state index is 12.8. The fourth-order valence-electron chi connectivity index (χ4n) is 1.96. The standard InChI is InChI=1S/C15H19FN4O2S/c1-3-8-20-14(22)18-19-15(20)23-10(2)13(21)17-9-11-4-6-12(16)7-5-11/h4-7,10H,3,8-9H2,1-2H3,(H,17,21)(H,18,22). The molecule has 2 aromatic rings. The van der Waals surface area contributed by atoms with Gasteiger partial charge in [-0.3, -0.25) is 9.36 Å². The molecule has 1 amide bonds. The van der Waals surface area contributed by atoms with E-state index in [1.807, 2.05) is 6.92 Å². The van der Waals surface area contributed by atoms with Crippen LogP contribution < -0.4 is 11.0 Å². The minimum Gasteiger partial charge on any atom is -0.351 e. The molecule has 0 bridgehead atoms. The van der Waals surface area contributed by atoms with Crippen molar-refractivity contribution in [3.05, 3.63) is 46.1 Å². The van der Waals surface area contributed by atoms with Crippen molar-refractivity contribution in [3.8, 4) is 0 Å². The van der Waals surface area contributed by atoms with Crippen LogP contribution in [0.2, 0.25) is 0 Å². The van der Waals surface area contributed by atoms with Gasteiger partial charge < -0.3 is 5.32 Å². The first kappa shape index (κ1) is 17.3. The largest absolute Gasteiger partial charge is 0.351 e. The van der Waals surface area contributed by atoms with E-state index in [-0.39, 0.29) is 17.4 Å². The molecule has 0 aliphatic heterocycles. The van der Waals surface area contributed by atoms with Gasteiger partial charge in [-0.2, -0.15) is 0 Å². The summed E-state index contributed by atoms with van der Waals surface area (Å²) in [6.07, 6.45) is 0.804. The lowest BCUT2D eigenvalue weighted by atomic mass is 10.2. The van der Waals surface area contributed by atoms with Crippen molar-refractivity contribution >= 4 is 17.7 Å². The molecular weight excluding hydrogens is 319 g/mol. The molecule has 2 N–H and O–H groups in total. The molecular formula is C15H19FN4O2S. The predicted molar refractivity (Wildman–Crippen MR) is 86.7 cm³/mol. The molecule has 8 heteroatoms. The van der Waals surface area contributed by atoms with Crippen LogP contribution in [0.15, 0.2) is 34.2 Å². The van der Waals surface area contributed by atoms with E-state index in [2.05, 4.69) is 15.5 Å². The third-order valence-electron chi connectivity index (χ3n) is 3.20. The van der Waals surface area contributed by atoms with Crippen LogP contribution in [0.4, 0.5) is 4.39 Å². The Morgan fingerprint density at radius 3 is 2.78 bits per heavy atom. The van der Waals surface area contributed by atoms with Crippen molar-refractivity contribution in [2.45, 2.75) is 43.8 Å². The van der Waals surface area contributed by atoms with E-state index in [1.54, 1.807) is 19.1 Å². The molecule has 0 aliphatic carbocycles. The van der Waals surface area contributed by atoms with Gasteiger partial charge in [0.25, 0.3) is 0 Å². The van der Waals surface area contributed by atoms with Gasteiger partial charge in [0.2, 0.25) is 5.91 Å². The molecule has 1 unspecified atom stereocenters. The highest BCUT2D eigenvalue weighted by Crippen LogP contribution is 2.20. The molecule has 2 rings (SSSR count). The van der Waals surface area contributed by atoms with E-state index in [9.17, 15) is 14.0 Å². The molecule has 0 radical (unpaired) electrons. The minimum absolute atomic E-state index is 0.169. The van der Waals surface area contributed by atoms with Crippen molar-refractivity contribution in [1.29, 1.82) is 0 Å². The summed E-state index contributed by atoms with van der Waals surface area (Å²) in [6.45, 7) is 4.60. The topological polar surface area (TPSA) is 79.8 Å². The molecule has 6 nitrogen and oxygen atoms in total. The number of nitrogens with zero attached hydrogens (tertiary/aromatic N) is 2. The fourth-order valence-corrected chi connectivity index (χ4v) is 2.87. The molecule has 1 aromatic heterocycles. The average Bonchev–Trinajstić information content (AvgIpc) is 2.87. The zero-order chi connectivity index (χ0) is 16.8. The van der Waals surface area contributed by atoms with Crippen molar-refractivity contribution in [1.82, 2.24) is 20.1 Å². The molecule has 1 atom stereocenters. The third kappa shape index (κ3) is 4.69. The monoisotopic (exact) mass is 338 g/mol. The van der Waals surface area contributed by atoms with E-state index in [0.29, 0.717) is 18.2 Å². The quantitative estimate of drug-likeness (QED) is 0.756. The summed E-state index contributed by atoms with van der Waals surface area (Å²) in [5.74, 6) is -0.478. The summed E-state index contributed by atoms with van der Waals surface area (Å²) < 4.78 is 14.4. The molecule has 0 saturated heterocycles. The number of hydrogen-bond donors (Lipinski definition) is 2. The fraction of sp³-hybridized carbons (Fsp3) is 0.400. The number of benzene rings is 1. The Balaban J connectivity index is 1.92. The molecule has 1 aromatic carbocycles. The van der Waals surface area contributed by atoms with Crippen LogP contribution in [0.5, 0.6) is 0 Å². The van der Waals surface area contributed by atoms with E-state index in [0.717, 1.165) is 12.0 Å². The molecule has 0 saturated carbocycles. The molecule has 0 fully saturated rings. The number of thioether (sulfide) groups is 1. The van der Waals surface area contributed by atoms with E-state index in [1.165, 1.54) is 28.5 Å². The molecule has 23 heavy (non-hydrogen) atoms. The van der Waals surface area contributed by atoms with Crippen molar-refractivity contribution < 1.29 is 9.18 Å². The number of nitrogens with one attached hydrogen (secondary N) is 2. The predicted octanol–water partition coefficient (Wildman–Crippen LogP) is 1.92. The van der Waals surface area contributed by atoms with Crippen LogP contribution >= 0.6 is 11.8 Å². The number of halogens is 1. The normalized spacial score (nSPS) is 12.1. The minimum atomic E-state index is -0.402. The summed E-state index contributed by atoms with van der Waals surface area (Å²) in [6, 6.07) is 5.96. The van der Waals surface area contributed by atoms with Crippen molar-refractivity contribution in [2.24, 2.45) is 0 Å². The third-order valence-corrected chi connectivity index (χ3v) is 4.29. The molecule has 0 spiro atoms. The zero-order valence-electron chi connectivity index (χ0n) is 13.0.